The summed E-state index contributed by atoms with van der Waals surface area (Å²) < 4.78 is 4.87. The first-order valence-electron chi connectivity index (χ1n) is 9.63. The van der Waals surface area contributed by atoms with Crippen molar-refractivity contribution in [1.82, 2.24) is 0 Å². The van der Waals surface area contributed by atoms with Gasteiger partial charge in [0.25, 0.3) is 0 Å². The molecule has 140 valence electrons. The summed E-state index contributed by atoms with van der Waals surface area (Å²) >= 11 is 0. The zero-order chi connectivity index (χ0) is 18.5. The van der Waals surface area contributed by atoms with Crippen LogP contribution in [0.5, 0.6) is 0 Å². The van der Waals surface area contributed by atoms with Gasteiger partial charge >= 0.3 is 5.97 Å². The van der Waals surface area contributed by atoms with E-state index in [-0.39, 0.29) is 29.1 Å². The summed E-state index contributed by atoms with van der Waals surface area (Å²) in [4.78, 5) is 24.3. The number of carbonyl (C=O) groups is 2. The van der Waals surface area contributed by atoms with Crippen LogP contribution in [0.25, 0.3) is 0 Å². The van der Waals surface area contributed by atoms with E-state index in [4.69, 9.17) is 4.74 Å². The van der Waals surface area contributed by atoms with Crippen LogP contribution >= 0.6 is 0 Å². The van der Waals surface area contributed by atoms with E-state index in [1.807, 2.05) is 6.08 Å². The van der Waals surface area contributed by atoms with Crippen LogP contribution in [0.2, 0.25) is 0 Å². The lowest BCUT2D eigenvalue weighted by molar-refractivity contribution is -0.170. The van der Waals surface area contributed by atoms with Crippen molar-refractivity contribution in [3.8, 4) is 0 Å². The van der Waals surface area contributed by atoms with Crippen molar-refractivity contribution in [2.75, 3.05) is 7.11 Å². The van der Waals surface area contributed by atoms with Crippen molar-refractivity contribution in [2.24, 2.45) is 28.1 Å². The first-order chi connectivity index (χ1) is 11.7. The zero-order valence-corrected chi connectivity index (χ0v) is 16.0. The number of aliphatic hydroxyl groups is 1. The quantitative estimate of drug-likeness (QED) is 0.611. The van der Waals surface area contributed by atoms with Crippen LogP contribution in [0.15, 0.2) is 11.6 Å². The van der Waals surface area contributed by atoms with Crippen LogP contribution in [-0.2, 0) is 14.3 Å². The van der Waals surface area contributed by atoms with Gasteiger partial charge in [0, 0.05) is 12.0 Å². The summed E-state index contributed by atoms with van der Waals surface area (Å²) in [5.41, 5.74) is 0.0455. The molecule has 0 bridgehead atoms. The van der Waals surface area contributed by atoms with Crippen LogP contribution in [0.4, 0.5) is 0 Å². The molecule has 3 aliphatic carbocycles. The normalized spacial score (nSPS) is 43.1. The number of fused-ring (bicyclic) bond motifs is 3. The molecular weight excluding hydrogens is 316 g/mol. The molecule has 0 aromatic heterocycles. The highest BCUT2D eigenvalue weighted by Crippen LogP contribution is 2.66. The molecule has 0 aromatic carbocycles. The predicted octanol–water partition coefficient (Wildman–Crippen LogP) is 3.67. The van der Waals surface area contributed by atoms with E-state index in [0.29, 0.717) is 24.3 Å². The third-order valence-corrected chi connectivity index (χ3v) is 7.89. The molecule has 1 unspecified atom stereocenters. The molecule has 0 heterocycles. The smallest absolute Gasteiger partial charge is 0.333 e. The first-order valence-corrected chi connectivity index (χ1v) is 9.63. The number of hydrogen-bond acceptors (Lipinski definition) is 4. The largest absolute Gasteiger partial charge is 0.466 e. The number of hydrogen-bond donors (Lipinski definition) is 1. The van der Waals surface area contributed by atoms with E-state index in [9.17, 15) is 14.7 Å². The second-order valence-electron chi connectivity index (χ2n) is 9.40. The van der Waals surface area contributed by atoms with Gasteiger partial charge in [-0.2, -0.15) is 0 Å². The SMILES string of the molecule is COC(=O)C1=CC[C@H]2[C@@](C=O)(CCC3C(C)(C)CCC[C@@]32C)[C@@H](O)C1. The molecule has 4 heteroatoms. The molecule has 2 saturated carbocycles. The highest BCUT2D eigenvalue weighted by Gasteiger charge is 2.62. The highest BCUT2D eigenvalue weighted by molar-refractivity contribution is 5.88. The number of aldehydes is 1. The second kappa shape index (κ2) is 6.22. The number of carbonyl (C=O) groups excluding carboxylic acids is 2. The standard InChI is InChI=1S/C21H32O4/c1-19(2)9-5-10-20(3)15(19)8-11-21(13-22)16(20)7-6-14(12-17(21)23)18(24)25-4/h6,13,15-17,23H,5,7-12H2,1-4H3/t15?,16-,17+,20+,21+/m1/s1. The fourth-order valence-corrected chi connectivity index (χ4v) is 6.63. The van der Waals surface area contributed by atoms with Crippen molar-refractivity contribution in [3.63, 3.8) is 0 Å². The van der Waals surface area contributed by atoms with Gasteiger partial charge in [0.1, 0.15) is 6.29 Å². The minimum Gasteiger partial charge on any atom is -0.466 e. The van der Waals surface area contributed by atoms with Crippen LogP contribution in [0.1, 0.15) is 65.7 Å². The summed E-state index contributed by atoms with van der Waals surface area (Å²) in [6.07, 6.45) is 8.18. The lowest BCUT2D eigenvalue weighted by Gasteiger charge is -2.62. The van der Waals surface area contributed by atoms with Gasteiger partial charge in [0.15, 0.2) is 0 Å². The Morgan fingerprint density at radius 3 is 2.60 bits per heavy atom. The lowest BCUT2D eigenvalue weighted by atomic mass is 9.42. The Balaban J connectivity index is 2.05. The monoisotopic (exact) mass is 348 g/mol. The fraction of sp³-hybridized carbons (Fsp3) is 0.810. The molecule has 25 heavy (non-hydrogen) atoms. The van der Waals surface area contributed by atoms with E-state index in [0.717, 1.165) is 25.5 Å². The van der Waals surface area contributed by atoms with E-state index in [1.54, 1.807) is 0 Å². The van der Waals surface area contributed by atoms with Crippen LogP contribution in [0.3, 0.4) is 0 Å². The average Bonchev–Trinajstić information content (AvgIpc) is 2.71. The second-order valence-corrected chi connectivity index (χ2v) is 9.40. The first kappa shape index (κ1) is 18.6. The molecule has 0 saturated heterocycles. The van der Waals surface area contributed by atoms with Gasteiger partial charge in [-0.3, -0.25) is 0 Å². The Morgan fingerprint density at radius 2 is 1.96 bits per heavy atom. The predicted molar refractivity (Wildman–Crippen MR) is 95.8 cm³/mol. The van der Waals surface area contributed by atoms with Crippen molar-refractivity contribution in [2.45, 2.75) is 71.8 Å². The van der Waals surface area contributed by atoms with Gasteiger partial charge in [-0.1, -0.05) is 33.3 Å². The maximum atomic E-state index is 12.3. The summed E-state index contributed by atoms with van der Waals surface area (Å²) in [5.74, 6) is 0.240. The van der Waals surface area contributed by atoms with Crippen molar-refractivity contribution < 1.29 is 19.4 Å². The van der Waals surface area contributed by atoms with E-state index >= 15 is 0 Å². The van der Waals surface area contributed by atoms with Crippen molar-refractivity contribution in [1.29, 1.82) is 0 Å². The fourth-order valence-electron chi connectivity index (χ4n) is 6.63. The minimum atomic E-state index is -0.814. The molecule has 0 amide bonds. The molecule has 0 aromatic rings. The van der Waals surface area contributed by atoms with Gasteiger partial charge in [0.2, 0.25) is 0 Å². The Bertz CT molecular complexity index is 593. The zero-order valence-electron chi connectivity index (χ0n) is 16.0. The van der Waals surface area contributed by atoms with E-state index in [1.165, 1.54) is 13.5 Å². The van der Waals surface area contributed by atoms with Crippen LogP contribution in [0, 0.1) is 28.1 Å². The maximum absolute atomic E-state index is 12.3. The Labute approximate surface area is 151 Å². The van der Waals surface area contributed by atoms with Gasteiger partial charge in [-0.05, 0) is 54.8 Å². The number of aliphatic hydroxyl groups excluding tert-OH is 1. The van der Waals surface area contributed by atoms with E-state index in [2.05, 4.69) is 20.8 Å². The molecule has 4 nitrogen and oxygen atoms in total. The molecule has 0 radical (unpaired) electrons. The van der Waals surface area contributed by atoms with Crippen molar-refractivity contribution >= 4 is 12.3 Å². The third kappa shape index (κ3) is 2.68. The number of rotatable bonds is 2. The Hall–Kier alpha value is -1.16. The summed E-state index contributed by atoms with van der Waals surface area (Å²) in [6.45, 7) is 7.03. The lowest BCUT2D eigenvalue weighted by Crippen LogP contribution is -2.59. The minimum absolute atomic E-state index is 0.0178. The summed E-state index contributed by atoms with van der Waals surface area (Å²) in [5, 5.41) is 11.0. The summed E-state index contributed by atoms with van der Waals surface area (Å²) in [6, 6.07) is 0. The van der Waals surface area contributed by atoms with E-state index < -0.39 is 11.5 Å². The Kier molecular flexibility index (Phi) is 4.64. The Morgan fingerprint density at radius 1 is 1.24 bits per heavy atom. The maximum Gasteiger partial charge on any atom is 0.333 e. The number of esters is 1. The molecular formula is C21H32O4. The topological polar surface area (TPSA) is 63.6 Å². The summed E-state index contributed by atoms with van der Waals surface area (Å²) in [7, 11) is 1.37. The molecule has 5 atom stereocenters. The number of allylic oxidation sites excluding steroid dienone is 1. The third-order valence-electron chi connectivity index (χ3n) is 7.89. The average molecular weight is 348 g/mol. The van der Waals surface area contributed by atoms with Gasteiger partial charge in [0.05, 0.1) is 18.6 Å². The van der Waals surface area contributed by atoms with Gasteiger partial charge < -0.3 is 14.6 Å². The van der Waals surface area contributed by atoms with Crippen molar-refractivity contribution in [3.05, 3.63) is 11.6 Å². The van der Waals surface area contributed by atoms with Crippen LogP contribution in [-0.4, -0.2) is 30.6 Å². The van der Waals surface area contributed by atoms with Gasteiger partial charge in [-0.25, -0.2) is 4.79 Å². The van der Waals surface area contributed by atoms with Crippen LogP contribution < -0.4 is 0 Å². The van der Waals surface area contributed by atoms with Gasteiger partial charge in [-0.15, -0.1) is 0 Å². The molecule has 3 rings (SSSR count). The molecule has 2 fully saturated rings. The number of methoxy groups -OCH3 is 1. The molecule has 1 N–H and O–H groups in total. The number of ether oxygens (including phenoxy) is 1. The molecule has 0 aliphatic heterocycles. The molecule has 3 aliphatic rings. The highest BCUT2D eigenvalue weighted by atomic mass is 16.5. The molecule has 0 spiro atoms.